The van der Waals surface area contributed by atoms with E-state index in [4.69, 9.17) is 4.74 Å². The van der Waals surface area contributed by atoms with Crippen molar-refractivity contribution in [1.82, 2.24) is 0 Å². The summed E-state index contributed by atoms with van der Waals surface area (Å²) >= 11 is 3.44. The van der Waals surface area contributed by atoms with Crippen molar-refractivity contribution in [3.63, 3.8) is 0 Å². The van der Waals surface area contributed by atoms with E-state index in [1.807, 2.05) is 18.2 Å². The molecule has 0 heterocycles. The number of hydrogen-bond acceptors (Lipinski definition) is 2. The van der Waals surface area contributed by atoms with Gasteiger partial charge in [0, 0.05) is 18.7 Å². The highest BCUT2D eigenvalue weighted by molar-refractivity contribution is 9.10. The number of carbonyl (C=O) groups is 1. The average molecular weight is 284 g/mol. The van der Waals surface area contributed by atoms with Crippen molar-refractivity contribution in [2.24, 2.45) is 0 Å². The van der Waals surface area contributed by atoms with E-state index in [9.17, 15) is 4.79 Å². The number of hydrogen-bond donors (Lipinski definition) is 1. The molecule has 0 saturated heterocycles. The van der Waals surface area contributed by atoms with Crippen LogP contribution in [0.2, 0.25) is 0 Å². The molecule has 4 heteroatoms. The zero-order valence-electron chi connectivity index (χ0n) is 9.13. The predicted octanol–water partition coefficient (Wildman–Crippen LogP) is 3.34. The largest absolute Gasteiger partial charge is 0.489 e. The first-order valence-electron chi connectivity index (χ1n) is 5.39. The lowest BCUT2D eigenvalue weighted by Crippen LogP contribution is -2.24. The fraction of sp³-hybridized carbons (Fsp3) is 0.417. The Morgan fingerprint density at radius 2 is 2.25 bits per heavy atom. The molecule has 86 valence electrons. The quantitative estimate of drug-likeness (QED) is 0.924. The molecule has 0 radical (unpaired) electrons. The van der Waals surface area contributed by atoms with Crippen LogP contribution in [0.15, 0.2) is 22.7 Å². The molecule has 0 spiro atoms. The third kappa shape index (κ3) is 2.76. The number of ether oxygens (including phenoxy) is 1. The highest BCUT2D eigenvalue weighted by Crippen LogP contribution is 2.32. The Kier molecular flexibility index (Phi) is 3.49. The first-order chi connectivity index (χ1) is 7.65. The molecule has 2 rings (SSSR count). The molecule has 1 amide bonds. The van der Waals surface area contributed by atoms with Gasteiger partial charge in [-0.1, -0.05) is 0 Å². The lowest BCUT2D eigenvalue weighted by atomic mass is 9.96. The van der Waals surface area contributed by atoms with E-state index in [1.165, 1.54) is 13.3 Å². The van der Waals surface area contributed by atoms with Crippen LogP contribution in [0.5, 0.6) is 5.75 Å². The van der Waals surface area contributed by atoms with Crippen molar-refractivity contribution in [3.05, 3.63) is 22.7 Å². The van der Waals surface area contributed by atoms with Crippen LogP contribution < -0.4 is 10.1 Å². The standard InChI is InChI=1S/C12H14BrNO2/c1-8(15)14-9-5-6-11(13)12(7-9)16-10-3-2-4-10/h5-7,10H,2-4H2,1H3,(H,14,15). The molecule has 0 aromatic heterocycles. The maximum absolute atomic E-state index is 10.9. The van der Waals surface area contributed by atoms with Crippen molar-refractivity contribution in [3.8, 4) is 5.75 Å². The van der Waals surface area contributed by atoms with Gasteiger partial charge in [0.25, 0.3) is 0 Å². The summed E-state index contributed by atoms with van der Waals surface area (Å²) in [4.78, 5) is 10.9. The molecule has 1 N–H and O–H groups in total. The molecule has 1 aromatic rings. The zero-order chi connectivity index (χ0) is 11.5. The van der Waals surface area contributed by atoms with E-state index in [2.05, 4.69) is 21.2 Å². The first-order valence-corrected chi connectivity index (χ1v) is 6.18. The second kappa shape index (κ2) is 4.87. The minimum atomic E-state index is -0.0723. The number of amides is 1. The van der Waals surface area contributed by atoms with E-state index >= 15 is 0 Å². The van der Waals surface area contributed by atoms with Crippen molar-refractivity contribution in [2.75, 3.05) is 5.32 Å². The zero-order valence-corrected chi connectivity index (χ0v) is 10.7. The molecular formula is C12H14BrNO2. The Morgan fingerprint density at radius 3 is 2.81 bits per heavy atom. The van der Waals surface area contributed by atoms with Crippen LogP contribution in [0.25, 0.3) is 0 Å². The van der Waals surface area contributed by atoms with Crippen molar-refractivity contribution >= 4 is 27.5 Å². The van der Waals surface area contributed by atoms with E-state index < -0.39 is 0 Å². The van der Waals surface area contributed by atoms with Crippen LogP contribution in [0, 0.1) is 0 Å². The number of rotatable bonds is 3. The second-order valence-corrected chi connectivity index (χ2v) is 4.85. The van der Waals surface area contributed by atoms with Crippen LogP contribution in [0.4, 0.5) is 5.69 Å². The van der Waals surface area contributed by atoms with Gasteiger partial charge < -0.3 is 10.1 Å². The minimum Gasteiger partial charge on any atom is -0.489 e. The third-order valence-corrected chi connectivity index (χ3v) is 3.25. The Labute approximate surface area is 103 Å². The number of nitrogens with one attached hydrogen (secondary N) is 1. The van der Waals surface area contributed by atoms with Crippen molar-refractivity contribution in [2.45, 2.75) is 32.3 Å². The summed E-state index contributed by atoms with van der Waals surface area (Å²) in [6.07, 6.45) is 3.82. The van der Waals surface area contributed by atoms with Crippen molar-refractivity contribution in [1.29, 1.82) is 0 Å². The van der Waals surface area contributed by atoms with Gasteiger partial charge in [-0.3, -0.25) is 4.79 Å². The number of halogens is 1. The molecule has 1 fully saturated rings. The molecule has 1 saturated carbocycles. The van der Waals surface area contributed by atoms with Gasteiger partial charge in [-0.15, -0.1) is 0 Å². The Hall–Kier alpha value is -1.03. The summed E-state index contributed by atoms with van der Waals surface area (Å²) in [6, 6.07) is 5.59. The molecule has 0 unspecified atom stereocenters. The SMILES string of the molecule is CC(=O)Nc1ccc(Br)c(OC2CCC2)c1. The van der Waals surface area contributed by atoms with Gasteiger partial charge in [0.1, 0.15) is 5.75 Å². The highest BCUT2D eigenvalue weighted by atomic mass is 79.9. The number of carbonyl (C=O) groups excluding carboxylic acids is 1. The van der Waals surface area contributed by atoms with E-state index in [1.54, 1.807) is 0 Å². The van der Waals surface area contributed by atoms with Crippen molar-refractivity contribution < 1.29 is 9.53 Å². The summed E-state index contributed by atoms with van der Waals surface area (Å²) in [5, 5.41) is 2.74. The third-order valence-electron chi connectivity index (χ3n) is 2.60. The fourth-order valence-electron chi connectivity index (χ4n) is 1.54. The molecule has 0 atom stereocenters. The normalized spacial score (nSPS) is 15.4. The molecular weight excluding hydrogens is 270 g/mol. The molecule has 1 aliphatic rings. The van der Waals surface area contributed by atoms with Gasteiger partial charge in [0.05, 0.1) is 10.6 Å². The van der Waals surface area contributed by atoms with Crippen LogP contribution in [-0.2, 0) is 4.79 Å². The smallest absolute Gasteiger partial charge is 0.221 e. The lowest BCUT2D eigenvalue weighted by Gasteiger charge is -2.27. The summed E-state index contributed by atoms with van der Waals surface area (Å²) < 4.78 is 6.73. The molecule has 16 heavy (non-hydrogen) atoms. The van der Waals surface area contributed by atoms with E-state index in [-0.39, 0.29) is 5.91 Å². The molecule has 0 aliphatic heterocycles. The molecule has 1 aromatic carbocycles. The van der Waals surface area contributed by atoms with Gasteiger partial charge in [-0.25, -0.2) is 0 Å². The summed E-state index contributed by atoms with van der Waals surface area (Å²) in [5.74, 6) is 0.730. The maximum Gasteiger partial charge on any atom is 0.221 e. The van der Waals surface area contributed by atoms with Gasteiger partial charge in [0.15, 0.2) is 0 Å². The first kappa shape index (κ1) is 11.5. The van der Waals surface area contributed by atoms with Crippen LogP contribution in [-0.4, -0.2) is 12.0 Å². The summed E-state index contributed by atoms with van der Waals surface area (Å²) in [6.45, 7) is 1.49. The molecule has 1 aliphatic carbocycles. The second-order valence-electron chi connectivity index (χ2n) is 4.00. The number of benzene rings is 1. The summed E-state index contributed by atoms with van der Waals surface area (Å²) in [7, 11) is 0. The van der Waals surface area contributed by atoms with Crippen LogP contribution in [0.1, 0.15) is 26.2 Å². The highest BCUT2D eigenvalue weighted by Gasteiger charge is 2.20. The maximum atomic E-state index is 10.9. The van der Waals surface area contributed by atoms with Crippen LogP contribution in [0.3, 0.4) is 0 Å². The van der Waals surface area contributed by atoms with Gasteiger partial charge in [-0.05, 0) is 47.3 Å². The average Bonchev–Trinajstić information content (AvgIpc) is 2.15. The topological polar surface area (TPSA) is 38.3 Å². The fourth-order valence-corrected chi connectivity index (χ4v) is 1.88. The van der Waals surface area contributed by atoms with E-state index in [0.29, 0.717) is 6.10 Å². The Bertz CT molecular complexity index is 402. The predicted molar refractivity (Wildman–Crippen MR) is 66.7 cm³/mol. The lowest BCUT2D eigenvalue weighted by molar-refractivity contribution is -0.114. The monoisotopic (exact) mass is 283 g/mol. The summed E-state index contributed by atoms with van der Waals surface area (Å²) in [5.41, 5.74) is 0.769. The van der Waals surface area contributed by atoms with Gasteiger partial charge in [0.2, 0.25) is 5.91 Å². The Balaban J connectivity index is 2.11. The van der Waals surface area contributed by atoms with Crippen LogP contribution >= 0.6 is 15.9 Å². The minimum absolute atomic E-state index is 0.0723. The van der Waals surface area contributed by atoms with E-state index in [0.717, 1.165) is 28.8 Å². The van der Waals surface area contributed by atoms with Gasteiger partial charge >= 0.3 is 0 Å². The van der Waals surface area contributed by atoms with Gasteiger partial charge in [-0.2, -0.15) is 0 Å². The number of anilines is 1. The molecule has 3 nitrogen and oxygen atoms in total. The Morgan fingerprint density at radius 1 is 1.50 bits per heavy atom. The molecule has 0 bridgehead atoms.